The van der Waals surface area contributed by atoms with Gasteiger partial charge in [0.1, 0.15) is 0 Å². The summed E-state index contributed by atoms with van der Waals surface area (Å²) in [5.74, 6) is -0.164. The Labute approximate surface area is 161 Å². The second-order valence-corrected chi connectivity index (χ2v) is 9.48. The summed E-state index contributed by atoms with van der Waals surface area (Å²) in [4.78, 5) is 12.8. The standard InChI is InChI=1S/C19H26F3N3O3/c1-17(2,9-26)25-15(19(20,21)22)13(8-23-25)16(27)24-14-11-3-10-4-12(14)7-18(28,5-10)6-11/h8,10-12,14,26,28H,3-7,9H2,1-2H3,(H,24,27)/t10?,11?,12?,14-,18-. The lowest BCUT2D eigenvalue weighted by molar-refractivity contribution is -0.147. The average molecular weight is 401 g/mol. The molecule has 4 bridgehead atoms. The number of hydrogen-bond donors (Lipinski definition) is 3. The van der Waals surface area contributed by atoms with Gasteiger partial charge in [0.2, 0.25) is 0 Å². The summed E-state index contributed by atoms with van der Waals surface area (Å²) in [6.07, 6.45) is -0.0863. The number of amides is 1. The van der Waals surface area contributed by atoms with Crippen LogP contribution in [-0.2, 0) is 11.7 Å². The van der Waals surface area contributed by atoms with Gasteiger partial charge in [-0.25, -0.2) is 0 Å². The maximum absolute atomic E-state index is 13.7. The first kappa shape index (κ1) is 19.7. The van der Waals surface area contributed by atoms with Gasteiger partial charge >= 0.3 is 6.18 Å². The molecule has 4 aliphatic rings. The fourth-order valence-electron chi connectivity index (χ4n) is 5.76. The first-order valence-electron chi connectivity index (χ1n) is 9.73. The fourth-order valence-corrected chi connectivity index (χ4v) is 5.76. The van der Waals surface area contributed by atoms with Crippen LogP contribution < -0.4 is 5.32 Å². The highest BCUT2D eigenvalue weighted by Gasteiger charge is 2.55. The number of aromatic nitrogens is 2. The monoisotopic (exact) mass is 401 g/mol. The Bertz CT molecular complexity index is 773. The summed E-state index contributed by atoms with van der Waals surface area (Å²) in [5.41, 5.74) is -3.65. The molecule has 2 atom stereocenters. The predicted molar refractivity (Wildman–Crippen MR) is 93.4 cm³/mol. The molecule has 0 saturated heterocycles. The number of halogens is 3. The number of rotatable bonds is 4. The van der Waals surface area contributed by atoms with Crippen LogP contribution in [0, 0.1) is 17.8 Å². The van der Waals surface area contributed by atoms with E-state index >= 15 is 0 Å². The van der Waals surface area contributed by atoms with Crippen molar-refractivity contribution in [2.45, 2.75) is 69.3 Å². The van der Waals surface area contributed by atoms with E-state index in [-0.39, 0.29) is 17.9 Å². The van der Waals surface area contributed by atoms with E-state index in [1.54, 1.807) is 0 Å². The van der Waals surface area contributed by atoms with E-state index in [1.165, 1.54) is 13.8 Å². The van der Waals surface area contributed by atoms with E-state index in [9.17, 15) is 28.2 Å². The van der Waals surface area contributed by atoms with Crippen LogP contribution in [0.2, 0.25) is 0 Å². The molecule has 4 aliphatic carbocycles. The highest BCUT2D eigenvalue weighted by atomic mass is 19.4. The van der Waals surface area contributed by atoms with Crippen LogP contribution in [-0.4, -0.2) is 44.2 Å². The van der Waals surface area contributed by atoms with Crippen molar-refractivity contribution in [3.8, 4) is 0 Å². The summed E-state index contributed by atoms with van der Waals surface area (Å²) in [7, 11) is 0. The molecule has 4 saturated carbocycles. The lowest BCUT2D eigenvalue weighted by atomic mass is 9.52. The average Bonchev–Trinajstić information content (AvgIpc) is 3.03. The molecular formula is C19H26F3N3O3. The van der Waals surface area contributed by atoms with E-state index in [0.29, 0.717) is 23.4 Å². The second kappa shape index (κ2) is 6.19. The van der Waals surface area contributed by atoms with E-state index < -0.39 is 41.1 Å². The van der Waals surface area contributed by atoms with Gasteiger partial charge < -0.3 is 15.5 Å². The van der Waals surface area contributed by atoms with Crippen LogP contribution in [0.25, 0.3) is 0 Å². The highest BCUT2D eigenvalue weighted by Crippen LogP contribution is 2.55. The molecule has 1 aromatic heterocycles. The number of nitrogens with zero attached hydrogens (tertiary/aromatic N) is 2. The van der Waals surface area contributed by atoms with Gasteiger partial charge in [0.15, 0.2) is 5.69 Å². The molecule has 5 rings (SSSR count). The summed E-state index contributed by atoms with van der Waals surface area (Å²) in [5, 5.41) is 26.7. The number of nitrogens with one attached hydrogen (secondary N) is 1. The van der Waals surface area contributed by atoms with Crippen LogP contribution in [0.4, 0.5) is 13.2 Å². The smallest absolute Gasteiger partial charge is 0.394 e. The third-order valence-electron chi connectivity index (χ3n) is 6.78. The van der Waals surface area contributed by atoms with Crippen molar-refractivity contribution in [2.24, 2.45) is 17.8 Å². The van der Waals surface area contributed by atoms with Crippen LogP contribution in [0.5, 0.6) is 0 Å². The summed E-state index contributed by atoms with van der Waals surface area (Å²) in [6.45, 7) is 2.30. The maximum Gasteiger partial charge on any atom is 0.433 e. The molecular weight excluding hydrogens is 375 g/mol. The van der Waals surface area contributed by atoms with Gasteiger partial charge in [-0.2, -0.15) is 18.3 Å². The zero-order valence-corrected chi connectivity index (χ0v) is 16.0. The molecule has 1 aromatic rings. The van der Waals surface area contributed by atoms with Gasteiger partial charge in [0.25, 0.3) is 5.91 Å². The predicted octanol–water partition coefficient (Wildman–Crippen LogP) is 2.30. The van der Waals surface area contributed by atoms with Crippen molar-refractivity contribution < 1.29 is 28.2 Å². The van der Waals surface area contributed by atoms with Crippen molar-refractivity contribution in [1.82, 2.24) is 15.1 Å². The van der Waals surface area contributed by atoms with Crippen molar-refractivity contribution >= 4 is 5.91 Å². The number of carbonyl (C=O) groups is 1. The number of aliphatic hydroxyl groups is 2. The van der Waals surface area contributed by atoms with E-state index in [2.05, 4.69) is 10.4 Å². The van der Waals surface area contributed by atoms with Crippen LogP contribution >= 0.6 is 0 Å². The number of carbonyl (C=O) groups excluding carboxylic acids is 1. The summed E-state index contributed by atoms with van der Waals surface area (Å²) in [6, 6.07) is -0.223. The molecule has 1 amide bonds. The van der Waals surface area contributed by atoms with Gasteiger partial charge in [-0.1, -0.05) is 0 Å². The van der Waals surface area contributed by atoms with Crippen molar-refractivity contribution in [3.05, 3.63) is 17.5 Å². The maximum atomic E-state index is 13.7. The fraction of sp³-hybridized carbons (Fsp3) is 0.789. The molecule has 6 nitrogen and oxygen atoms in total. The minimum Gasteiger partial charge on any atom is -0.394 e. The molecule has 0 spiro atoms. The third-order valence-corrected chi connectivity index (χ3v) is 6.78. The molecule has 4 fully saturated rings. The first-order chi connectivity index (χ1) is 12.9. The van der Waals surface area contributed by atoms with Gasteiger partial charge in [0, 0.05) is 6.04 Å². The summed E-state index contributed by atoms with van der Waals surface area (Å²) < 4.78 is 41.9. The van der Waals surface area contributed by atoms with Crippen LogP contribution in [0.3, 0.4) is 0 Å². The van der Waals surface area contributed by atoms with Crippen LogP contribution in [0.15, 0.2) is 6.20 Å². The number of hydrogen-bond acceptors (Lipinski definition) is 4. The lowest BCUT2D eigenvalue weighted by Gasteiger charge is -2.58. The van der Waals surface area contributed by atoms with E-state index in [0.717, 1.165) is 25.5 Å². The Hall–Kier alpha value is -1.61. The lowest BCUT2D eigenvalue weighted by Crippen LogP contribution is -2.61. The van der Waals surface area contributed by atoms with Crippen molar-refractivity contribution in [1.29, 1.82) is 0 Å². The largest absolute Gasteiger partial charge is 0.433 e. The Morgan fingerprint density at radius 3 is 2.39 bits per heavy atom. The molecule has 3 N–H and O–H groups in total. The highest BCUT2D eigenvalue weighted by molar-refractivity contribution is 5.95. The molecule has 2 unspecified atom stereocenters. The Morgan fingerprint density at radius 1 is 1.29 bits per heavy atom. The molecule has 0 aromatic carbocycles. The normalized spacial score (nSPS) is 34.7. The number of aliphatic hydroxyl groups excluding tert-OH is 1. The Kier molecular flexibility index (Phi) is 4.36. The molecule has 0 radical (unpaired) electrons. The van der Waals surface area contributed by atoms with Gasteiger partial charge in [-0.15, -0.1) is 0 Å². The number of alkyl halides is 3. The molecule has 0 aliphatic heterocycles. The Morgan fingerprint density at radius 2 is 1.89 bits per heavy atom. The topological polar surface area (TPSA) is 87.4 Å². The van der Waals surface area contributed by atoms with Gasteiger partial charge in [0.05, 0.1) is 29.5 Å². The van der Waals surface area contributed by atoms with Crippen molar-refractivity contribution in [3.63, 3.8) is 0 Å². The van der Waals surface area contributed by atoms with Gasteiger partial charge in [-0.05, 0) is 63.7 Å². The molecule has 28 heavy (non-hydrogen) atoms. The SMILES string of the molecule is CC(C)(CO)n1ncc(C(=O)N[C@H]2C3CC4CC2C[C@](O)(C4)C3)c1C(F)(F)F. The minimum absolute atomic E-state index is 0.0958. The second-order valence-electron chi connectivity index (χ2n) is 9.48. The minimum atomic E-state index is -4.78. The molecule has 1 heterocycles. The van der Waals surface area contributed by atoms with Crippen LogP contribution in [0.1, 0.15) is 62.0 Å². The van der Waals surface area contributed by atoms with E-state index in [4.69, 9.17) is 0 Å². The Balaban J connectivity index is 1.61. The van der Waals surface area contributed by atoms with Crippen molar-refractivity contribution in [2.75, 3.05) is 6.61 Å². The summed E-state index contributed by atoms with van der Waals surface area (Å²) >= 11 is 0. The van der Waals surface area contributed by atoms with E-state index in [1.807, 2.05) is 0 Å². The molecule has 156 valence electrons. The zero-order valence-electron chi connectivity index (χ0n) is 16.0. The quantitative estimate of drug-likeness (QED) is 0.723. The van der Waals surface area contributed by atoms with Gasteiger partial charge in [-0.3, -0.25) is 9.48 Å². The first-order valence-corrected chi connectivity index (χ1v) is 9.73. The third kappa shape index (κ3) is 3.12. The molecule has 9 heteroatoms. The zero-order chi connectivity index (χ0) is 20.5.